The molecule has 1 aliphatic heterocycles. The molecule has 23 heavy (non-hydrogen) atoms. The van der Waals surface area contributed by atoms with Crippen molar-refractivity contribution in [1.82, 2.24) is 0 Å². The van der Waals surface area contributed by atoms with Gasteiger partial charge < -0.3 is 4.90 Å². The van der Waals surface area contributed by atoms with Crippen molar-refractivity contribution >= 4 is 22.4 Å². The largest absolute Gasteiger partial charge is 0.314 e. The number of anilines is 1. The number of fused-ring (bicyclic) bond motifs is 6. The molecule has 0 aromatic heterocycles. The maximum atomic E-state index is 13.3. The Morgan fingerprint density at radius 3 is 2.65 bits per heavy atom. The van der Waals surface area contributed by atoms with E-state index in [1.165, 1.54) is 27.5 Å². The number of likely N-dealkylation sites (N-methyl/N-ethyl adjacent to an activating group) is 1. The molecule has 0 N–H and O–H groups in total. The monoisotopic (exact) mass is 299 g/mol. The number of hydrogen-bond donors (Lipinski definition) is 0. The highest BCUT2D eigenvalue weighted by Gasteiger charge is 2.54. The molecule has 0 fully saturated rings. The van der Waals surface area contributed by atoms with Crippen molar-refractivity contribution in [1.29, 1.82) is 0 Å². The normalized spacial score (nSPS) is 22.0. The lowest BCUT2D eigenvalue weighted by molar-refractivity contribution is -0.121. The van der Waals surface area contributed by atoms with Crippen LogP contribution in [-0.4, -0.2) is 13.0 Å². The summed E-state index contributed by atoms with van der Waals surface area (Å²) < 4.78 is 0. The van der Waals surface area contributed by atoms with Crippen LogP contribution in [0.15, 0.2) is 60.7 Å². The van der Waals surface area contributed by atoms with Gasteiger partial charge in [-0.05, 0) is 46.4 Å². The van der Waals surface area contributed by atoms with Crippen LogP contribution in [0.25, 0.3) is 10.8 Å². The highest BCUT2D eigenvalue weighted by atomic mass is 16.2. The maximum Gasteiger partial charge on any atom is 0.241 e. The molecule has 1 aliphatic carbocycles. The third-order valence-electron chi connectivity index (χ3n) is 5.61. The van der Waals surface area contributed by atoms with Crippen LogP contribution < -0.4 is 4.90 Å². The van der Waals surface area contributed by atoms with Crippen molar-refractivity contribution in [3.63, 3.8) is 0 Å². The molecule has 2 heteroatoms. The van der Waals surface area contributed by atoms with Crippen LogP contribution in [0.5, 0.6) is 0 Å². The lowest BCUT2D eigenvalue weighted by Gasteiger charge is -2.25. The summed E-state index contributed by atoms with van der Waals surface area (Å²) in [5.41, 5.74) is 4.28. The summed E-state index contributed by atoms with van der Waals surface area (Å²) in [6.07, 6.45) is 1.84. The second kappa shape index (κ2) is 4.23. The van der Waals surface area contributed by atoms with Gasteiger partial charge in [-0.1, -0.05) is 54.6 Å². The average molecular weight is 299 g/mol. The van der Waals surface area contributed by atoms with Crippen LogP contribution in [0.3, 0.4) is 0 Å². The molecule has 1 atom stereocenters. The molecule has 3 aromatic carbocycles. The molecule has 0 bridgehead atoms. The van der Waals surface area contributed by atoms with E-state index in [1.807, 2.05) is 18.0 Å². The quantitative estimate of drug-likeness (QED) is 0.613. The van der Waals surface area contributed by atoms with Crippen molar-refractivity contribution < 1.29 is 4.79 Å². The van der Waals surface area contributed by atoms with Gasteiger partial charge in [0.25, 0.3) is 0 Å². The van der Waals surface area contributed by atoms with Gasteiger partial charge in [0.05, 0.1) is 0 Å². The first-order valence-corrected chi connectivity index (χ1v) is 8.12. The number of amides is 1. The molecule has 0 saturated carbocycles. The zero-order valence-corrected chi connectivity index (χ0v) is 13.0. The van der Waals surface area contributed by atoms with E-state index in [1.54, 1.807) is 0 Å². The van der Waals surface area contributed by atoms with Crippen molar-refractivity contribution in [2.75, 3.05) is 11.9 Å². The zero-order valence-electron chi connectivity index (χ0n) is 13.0. The molecular weight excluding hydrogens is 282 g/mol. The summed E-state index contributed by atoms with van der Waals surface area (Å²) in [5, 5.41) is 2.44. The molecule has 1 amide bonds. The van der Waals surface area contributed by atoms with Crippen LogP contribution in [0, 0.1) is 0 Å². The summed E-state index contributed by atoms with van der Waals surface area (Å²) >= 11 is 0. The van der Waals surface area contributed by atoms with Gasteiger partial charge in [0.1, 0.15) is 5.41 Å². The van der Waals surface area contributed by atoms with Gasteiger partial charge in [0, 0.05) is 12.7 Å². The van der Waals surface area contributed by atoms with Gasteiger partial charge in [0.2, 0.25) is 5.91 Å². The van der Waals surface area contributed by atoms with E-state index in [4.69, 9.17) is 0 Å². The average Bonchev–Trinajstić information content (AvgIpc) is 3.10. The van der Waals surface area contributed by atoms with Crippen molar-refractivity contribution in [2.24, 2.45) is 0 Å². The molecule has 1 unspecified atom stereocenters. The van der Waals surface area contributed by atoms with Crippen LogP contribution in [0.2, 0.25) is 0 Å². The first kappa shape index (κ1) is 12.9. The first-order valence-electron chi connectivity index (χ1n) is 8.12. The maximum absolute atomic E-state index is 13.3. The molecule has 0 radical (unpaired) electrons. The van der Waals surface area contributed by atoms with E-state index in [-0.39, 0.29) is 5.91 Å². The summed E-state index contributed by atoms with van der Waals surface area (Å²) in [5.74, 6) is 0.216. The summed E-state index contributed by atoms with van der Waals surface area (Å²) in [6.45, 7) is 0. The Balaban J connectivity index is 1.92. The van der Waals surface area contributed by atoms with Crippen molar-refractivity contribution in [3.05, 3.63) is 77.4 Å². The molecule has 3 aromatic rings. The number of carbonyl (C=O) groups is 1. The lowest BCUT2D eigenvalue weighted by atomic mass is 9.75. The zero-order chi connectivity index (χ0) is 15.6. The molecule has 2 aliphatic rings. The minimum atomic E-state index is -0.498. The van der Waals surface area contributed by atoms with E-state index in [0.29, 0.717) is 0 Å². The molecule has 2 nitrogen and oxygen atoms in total. The van der Waals surface area contributed by atoms with Crippen molar-refractivity contribution in [3.8, 4) is 0 Å². The Morgan fingerprint density at radius 2 is 1.74 bits per heavy atom. The second-order valence-electron chi connectivity index (χ2n) is 6.61. The Labute approximate surface area is 135 Å². The van der Waals surface area contributed by atoms with Crippen LogP contribution >= 0.6 is 0 Å². The van der Waals surface area contributed by atoms with E-state index in [2.05, 4.69) is 54.6 Å². The molecule has 5 rings (SSSR count). The smallest absolute Gasteiger partial charge is 0.241 e. The summed E-state index contributed by atoms with van der Waals surface area (Å²) in [4.78, 5) is 15.2. The molecule has 1 heterocycles. The number of benzene rings is 3. The minimum absolute atomic E-state index is 0.216. The van der Waals surface area contributed by atoms with Crippen LogP contribution in [-0.2, 0) is 16.6 Å². The van der Waals surface area contributed by atoms with Gasteiger partial charge in [-0.3, -0.25) is 4.79 Å². The fourth-order valence-corrected chi connectivity index (χ4v) is 4.60. The fraction of sp³-hybridized carbons (Fsp3) is 0.190. The summed E-state index contributed by atoms with van der Waals surface area (Å²) in [7, 11) is 1.90. The number of hydrogen-bond acceptors (Lipinski definition) is 1. The third-order valence-corrected chi connectivity index (χ3v) is 5.61. The Morgan fingerprint density at radius 1 is 0.957 bits per heavy atom. The molecule has 112 valence electrons. The Kier molecular flexibility index (Phi) is 2.37. The summed E-state index contributed by atoms with van der Waals surface area (Å²) in [6, 6.07) is 21.1. The Hall–Kier alpha value is -2.61. The Bertz CT molecular complexity index is 974. The minimum Gasteiger partial charge on any atom is -0.314 e. The van der Waals surface area contributed by atoms with Crippen LogP contribution in [0.4, 0.5) is 5.69 Å². The number of para-hydroxylation sites is 1. The SMILES string of the molecule is CN1C(=O)C2(CCc3ccc4ccccc4c32)c2ccccc21. The van der Waals surface area contributed by atoms with E-state index in [0.717, 1.165) is 18.5 Å². The standard InChI is InChI=1S/C21H17NO/c1-22-18-9-5-4-8-17(18)21(20(22)23)13-12-15-11-10-14-6-2-3-7-16(14)19(15)21/h2-11H,12-13H2,1H3. The fourth-order valence-electron chi connectivity index (χ4n) is 4.60. The number of aryl methyl sites for hydroxylation is 1. The third kappa shape index (κ3) is 1.41. The number of rotatable bonds is 0. The first-order chi connectivity index (χ1) is 11.2. The van der Waals surface area contributed by atoms with Crippen LogP contribution in [0.1, 0.15) is 23.1 Å². The topological polar surface area (TPSA) is 20.3 Å². The molecule has 1 spiro atoms. The van der Waals surface area contributed by atoms with Gasteiger partial charge in [-0.25, -0.2) is 0 Å². The van der Waals surface area contributed by atoms with E-state index < -0.39 is 5.41 Å². The van der Waals surface area contributed by atoms with Gasteiger partial charge in [-0.15, -0.1) is 0 Å². The number of nitrogens with zero attached hydrogens (tertiary/aromatic N) is 1. The van der Waals surface area contributed by atoms with Crippen molar-refractivity contribution in [2.45, 2.75) is 18.3 Å². The predicted molar refractivity (Wildman–Crippen MR) is 92.9 cm³/mol. The molecule has 0 saturated heterocycles. The van der Waals surface area contributed by atoms with Gasteiger partial charge in [-0.2, -0.15) is 0 Å². The van der Waals surface area contributed by atoms with E-state index in [9.17, 15) is 4.79 Å². The lowest BCUT2D eigenvalue weighted by Crippen LogP contribution is -2.38. The van der Waals surface area contributed by atoms with Gasteiger partial charge in [0.15, 0.2) is 0 Å². The van der Waals surface area contributed by atoms with Gasteiger partial charge >= 0.3 is 0 Å². The predicted octanol–water partition coefficient (Wildman–Crippen LogP) is 4.05. The highest BCUT2D eigenvalue weighted by molar-refractivity contribution is 6.13. The number of carbonyl (C=O) groups excluding carboxylic acids is 1. The highest BCUT2D eigenvalue weighted by Crippen LogP contribution is 2.54. The van der Waals surface area contributed by atoms with E-state index >= 15 is 0 Å². The second-order valence-corrected chi connectivity index (χ2v) is 6.61. The molecular formula is C21H17NO.